The average Bonchev–Trinajstić information content (AvgIpc) is 2.75. The minimum atomic E-state index is -1.11. The predicted octanol–water partition coefficient (Wildman–Crippen LogP) is -2.93. The Hall–Kier alpha value is 0.183. The maximum absolute atomic E-state index is 9.81. The largest absolute Gasteiger partial charge is 3.00 e. The van der Waals surface area contributed by atoms with Crippen molar-refractivity contribution in [3.63, 3.8) is 0 Å². The van der Waals surface area contributed by atoms with E-state index in [1.165, 1.54) is 0 Å². The Kier molecular flexibility index (Phi) is 38.2. The zero-order valence-electron chi connectivity index (χ0n) is 19.8. The Morgan fingerprint density at radius 3 is 0.824 bits per heavy atom. The van der Waals surface area contributed by atoms with Crippen molar-refractivity contribution in [3.8, 4) is 0 Å². The van der Waals surface area contributed by atoms with Gasteiger partial charge < -0.3 is 50.1 Å². The van der Waals surface area contributed by atoms with E-state index >= 15 is 0 Å². The van der Waals surface area contributed by atoms with Crippen molar-refractivity contribution >= 4 is 82.0 Å². The second-order valence-electron chi connectivity index (χ2n) is 7.05. The van der Waals surface area contributed by atoms with Crippen LogP contribution in [0.4, 0.5) is 0 Å². The van der Waals surface area contributed by atoms with E-state index in [2.05, 4.69) is 37.9 Å². The SMILES string of the molecule is CCC(S)CC(=O)[O-].CCC(S)CC(=O)[O-].CCC(S)CC(=O)[O-].OCC(CO)(CO)CO.[Bi+3]. The molecule has 0 saturated carbocycles. The zero-order valence-corrected chi connectivity index (χ0v) is 26.0. The molecular weight excluding hydrogens is 705 g/mol. The molecule has 0 amide bonds. The molecule has 0 rings (SSSR count). The van der Waals surface area contributed by atoms with Crippen LogP contribution >= 0.6 is 37.9 Å². The Labute approximate surface area is 237 Å². The normalized spacial score (nSPS) is 12.5. The minimum Gasteiger partial charge on any atom is -0.550 e. The third-order valence-corrected chi connectivity index (χ3v) is 5.61. The van der Waals surface area contributed by atoms with Gasteiger partial charge in [0.1, 0.15) is 0 Å². The van der Waals surface area contributed by atoms with Gasteiger partial charge in [-0.25, -0.2) is 0 Å². The smallest absolute Gasteiger partial charge is 0.550 e. The van der Waals surface area contributed by atoms with E-state index in [0.717, 1.165) is 19.3 Å². The van der Waals surface area contributed by atoms with Crippen LogP contribution in [0.5, 0.6) is 0 Å². The van der Waals surface area contributed by atoms with Crippen LogP contribution in [-0.2, 0) is 14.4 Å². The molecule has 0 aromatic rings. The average molecular weight is 745 g/mol. The molecule has 10 nitrogen and oxygen atoms in total. The number of hydrogen-bond donors (Lipinski definition) is 7. The number of carboxylic acid groups (broad SMARTS) is 3. The van der Waals surface area contributed by atoms with E-state index in [1.54, 1.807) is 0 Å². The van der Waals surface area contributed by atoms with Gasteiger partial charge in [-0.1, -0.05) is 20.8 Å². The fourth-order valence-electron chi connectivity index (χ4n) is 1.31. The van der Waals surface area contributed by atoms with Crippen molar-refractivity contribution in [1.29, 1.82) is 0 Å². The number of carbonyl (C=O) groups excluding carboxylic acids is 3. The number of hydrogen-bond acceptors (Lipinski definition) is 13. The molecule has 0 spiro atoms. The quantitative estimate of drug-likeness (QED) is 0.0757. The molecule has 0 saturated heterocycles. The molecule has 0 bridgehead atoms. The maximum atomic E-state index is 9.81. The fraction of sp³-hybridized carbons (Fsp3) is 0.850. The molecule has 0 fully saturated rings. The van der Waals surface area contributed by atoms with Crippen molar-refractivity contribution in [2.75, 3.05) is 26.4 Å². The van der Waals surface area contributed by atoms with Gasteiger partial charge in [-0.15, -0.1) is 0 Å². The Morgan fingerprint density at radius 2 is 0.794 bits per heavy atom. The molecule has 14 heteroatoms. The Morgan fingerprint density at radius 1 is 0.618 bits per heavy atom. The molecule has 3 unspecified atom stereocenters. The predicted molar refractivity (Wildman–Crippen MR) is 135 cm³/mol. The fourth-order valence-corrected chi connectivity index (χ4v) is 1.76. The van der Waals surface area contributed by atoms with E-state index in [9.17, 15) is 29.7 Å². The zero-order chi connectivity index (χ0) is 27.0. The topological polar surface area (TPSA) is 201 Å². The van der Waals surface area contributed by atoms with Crippen molar-refractivity contribution < 1.29 is 50.1 Å². The summed E-state index contributed by atoms with van der Waals surface area (Å²) in [5.74, 6) is -3.06. The van der Waals surface area contributed by atoms with Gasteiger partial charge in [0.15, 0.2) is 0 Å². The summed E-state index contributed by atoms with van der Waals surface area (Å²) in [4.78, 5) is 29.4. The van der Waals surface area contributed by atoms with Gasteiger partial charge in [0, 0.05) is 33.7 Å². The standard InChI is InChI=1S/C5H12O4.3C5H10O2S.Bi/c6-1-5(2-7,3-8)4-9;3*1-2-4(8)3-5(6)7;/h6-9H,1-4H2;3*4,8H,2-3H2,1H3,(H,6,7);/q;;;;+3/p-3. The summed E-state index contributed by atoms with van der Waals surface area (Å²) in [5.41, 5.74) is -1.11. The Bertz CT molecular complexity index is 427. The number of aliphatic hydroxyl groups excluding tert-OH is 4. The van der Waals surface area contributed by atoms with Crippen molar-refractivity contribution in [2.45, 2.75) is 75.0 Å². The van der Waals surface area contributed by atoms with Gasteiger partial charge in [0.2, 0.25) is 0 Å². The van der Waals surface area contributed by atoms with Crippen LogP contribution in [0, 0.1) is 5.41 Å². The van der Waals surface area contributed by atoms with Crippen LogP contribution in [0.15, 0.2) is 0 Å². The third kappa shape index (κ3) is 34.4. The van der Waals surface area contributed by atoms with Crippen LogP contribution in [0.25, 0.3) is 0 Å². The van der Waals surface area contributed by atoms with Gasteiger partial charge in [0.05, 0.1) is 31.8 Å². The summed E-state index contributed by atoms with van der Waals surface area (Å²) in [7, 11) is 0. The first kappa shape index (κ1) is 44.2. The molecule has 34 heavy (non-hydrogen) atoms. The Balaban J connectivity index is -0.000000109. The number of carbonyl (C=O) groups is 3. The first-order chi connectivity index (χ1) is 15.2. The summed E-state index contributed by atoms with van der Waals surface area (Å²) in [6.07, 6.45) is 2.49. The van der Waals surface area contributed by atoms with Crippen LogP contribution < -0.4 is 15.3 Å². The van der Waals surface area contributed by atoms with Gasteiger partial charge in [-0.05, 0) is 38.5 Å². The molecule has 2 radical (unpaired) electrons. The third-order valence-electron chi connectivity index (χ3n) is 3.96. The van der Waals surface area contributed by atoms with Crippen molar-refractivity contribution in [1.82, 2.24) is 0 Å². The van der Waals surface area contributed by atoms with Gasteiger partial charge >= 0.3 is 26.2 Å². The molecule has 3 atom stereocenters. The molecule has 0 aliphatic rings. The van der Waals surface area contributed by atoms with E-state index in [4.69, 9.17) is 20.4 Å². The van der Waals surface area contributed by atoms with E-state index < -0.39 is 49.8 Å². The summed E-state index contributed by atoms with van der Waals surface area (Å²) < 4.78 is 0. The van der Waals surface area contributed by atoms with Gasteiger partial charge in [-0.2, -0.15) is 37.9 Å². The summed E-state index contributed by atoms with van der Waals surface area (Å²) in [5, 5.41) is 63.3. The molecule has 0 heterocycles. The second-order valence-corrected chi connectivity index (χ2v) is 9.24. The molecule has 202 valence electrons. The first-order valence-corrected chi connectivity index (χ1v) is 11.9. The molecule has 0 aromatic carbocycles. The van der Waals surface area contributed by atoms with Crippen LogP contribution in [-0.4, -0.2) is 107 Å². The van der Waals surface area contributed by atoms with Crippen LogP contribution in [0.3, 0.4) is 0 Å². The molecular formula is C20H39BiO10S3. The number of carboxylic acids is 3. The second kappa shape index (κ2) is 29.4. The number of aliphatic hydroxyl groups is 4. The van der Waals surface area contributed by atoms with E-state index in [0.29, 0.717) is 0 Å². The molecule has 0 aliphatic heterocycles. The van der Waals surface area contributed by atoms with Crippen molar-refractivity contribution in [2.24, 2.45) is 5.41 Å². The number of aliphatic carboxylic acids is 3. The maximum Gasteiger partial charge on any atom is 3.00 e. The number of rotatable bonds is 13. The van der Waals surface area contributed by atoms with Crippen LogP contribution in [0.2, 0.25) is 0 Å². The number of thiol groups is 3. The minimum absolute atomic E-state index is 0. The van der Waals surface area contributed by atoms with Gasteiger partial charge in [0.25, 0.3) is 0 Å². The first-order valence-electron chi connectivity index (χ1n) is 10.3. The summed E-state index contributed by atoms with van der Waals surface area (Å²) in [6, 6.07) is 0. The van der Waals surface area contributed by atoms with Gasteiger partial charge in [-0.3, -0.25) is 0 Å². The molecule has 0 aromatic heterocycles. The molecule has 4 N–H and O–H groups in total. The van der Waals surface area contributed by atoms with E-state index in [1.807, 2.05) is 20.8 Å². The van der Waals surface area contributed by atoms with Crippen LogP contribution in [0.1, 0.15) is 59.3 Å². The monoisotopic (exact) mass is 744 g/mol. The summed E-state index contributed by atoms with van der Waals surface area (Å²) in [6.45, 7) is 4.04. The molecule has 0 aliphatic carbocycles. The summed E-state index contributed by atoms with van der Waals surface area (Å²) >= 11 is 11.8. The van der Waals surface area contributed by atoms with E-state index in [-0.39, 0.29) is 61.2 Å². The van der Waals surface area contributed by atoms with Crippen molar-refractivity contribution in [3.05, 3.63) is 0 Å².